The van der Waals surface area contributed by atoms with Gasteiger partial charge in [-0.25, -0.2) is 14.7 Å². The average Bonchev–Trinajstić information content (AvgIpc) is 3.07. The van der Waals surface area contributed by atoms with Gasteiger partial charge in [-0.1, -0.05) is 13.0 Å². The molecule has 2 atom stereocenters. The highest BCUT2D eigenvalue weighted by molar-refractivity contribution is 7.16. The Bertz CT molecular complexity index is 957. The fourth-order valence-corrected chi connectivity index (χ4v) is 4.58. The molecule has 6 nitrogen and oxygen atoms in total. The maximum Gasteiger partial charge on any atom is 0.420 e. The number of rotatable bonds is 4. The molecular weight excluding hydrogens is 386 g/mol. The van der Waals surface area contributed by atoms with Gasteiger partial charge in [0.2, 0.25) is 11.9 Å². The summed E-state index contributed by atoms with van der Waals surface area (Å²) in [5, 5.41) is 3.77. The van der Waals surface area contributed by atoms with E-state index in [1.54, 1.807) is 6.92 Å². The molecule has 2 unspecified atom stereocenters. The molecule has 1 aliphatic heterocycles. The lowest BCUT2D eigenvalue weighted by molar-refractivity contribution is 0.162. The van der Waals surface area contributed by atoms with Crippen LogP contribution in [0.25, 0.3) is 5.70 Å². The van der Waals surface area contributed by atoms with Crippen LogP contribution in [0.4, 0.5) is 24.4 Å². The summed E-state index contributed by atoms with van der Waals surface area (Å²) in [4.78, 5) is 22.2. The number of thiazole rings is 1. The van der Waals surface area contributed by atoms with Crippen LogP contribution in [0.1, 0.15) is 37.3 Å². The van der Waals surface area contributed by atoms with Gasteiger partial charge in [0, 0.05) is 28.5 Å². The van der Waals surface area contributed by atoms with Gasteiger partial charge >= 0.3 is 6.09 Å². The van der Waals surface area contributed by atoms with E-state index in [0.717, 1.165) is 46.1 Å². The number of carbonyl (C=O) groups excluding carboxylic acids is 1. The number of nitrogens with zero attached hydrogens (tertiary/aromatic N) is 3. The van der Waals surface area contributed by atoms with Crippen molar-refractivity contribution >= 4 is 33.9 Å². The molecule has 1 amide bonds. The lowest BCUT2D eigenvalue weighted by Gasteiger charge is -2.40. The molecule has 28 heavy (non-hydrogen) atoms. The van der Waals surface area contributed by atoms with Crippen molar-refractivity contribution in [1.29, 1.82) is 0 Å². The van der Waals surface area contributed by atoms with E-state index in [0.29, 0.717) is 6.04 Å². The fraction of sp³-hybridized carbons (Fsp3) is 0.421. The number of carbonyl (C=O) groups is 1. The van der Waals surface area contributed by atoms with Crippen molar-refractivity contribution in [3.05, 3.63) is 40.7 Å². The minimum atomic E-state index is -1.03. The highest BCUT2D eigenvalue weighted by atomic mass is 32.1. The molecule has 0 spiro atoms. The Morgan fingerprint density at radius 3 is 2.64 bits per heavy atom. The minimum absolute atomic E-state index is 0.0239. The zero-order chi connectivity index (χ0) is 20.1. The molecule has 9 heteroatoms. The van der Waals surface area contributed by atoms with E-state index in [-0.39, 0.29) is 22.8 Å². The van der Waals surface area contributed by atoms with Gasteiger partial charge in [-0.3, -0.25) is 0 Å². The van der Waals surface area contributed by atoms with E-state index in [1.807, 2.05) is 6.92 Å². The zero-order valence-corrected chi connectivity index (χ0v) is 16.6. The van der Waals surface area contributed by atoms with E-state index in [1.165, 1.54) is 11.3 Å². The van der Waals surface area contributed by atoms with Crippen LogP contribution in [0.2, 0.25) is 0 Å². The first kappa shape index (κ1) is 18.8. The third kappa shape index (κ3) is 3.13. The highest BCUT2D eigenvalue weighted by Crippen LogP contribution is 2.49. The number of fused-ring (bicyclic) bond motifs is 1. The molecule has 4 rings (SSSR count). The number of amides is 1. The van der Waals surface area contributed by atoms with Crippen LogP contribution in [0.15, 0.2) is 18.2 Å². The summed E-state index contributed by atoms with van der Waals surface area (Å²) in [6.07, 6.45) is 3.66. The van der Waals surface area contributed by atoms with Crippen LogP contribution in [0.5, 0.6) is 0 Å². The van der Waals surface area contributed by atoms with Crippen molar-refractivity contribution in [3.63, 3.8) is 0 Å². The Morgan fingerprint density at radius 2 is 2.11 bits per heavy atom. The summed E-state index contributed by atoms with van der Waals surface area (Å²) in [5.74, 6) is -2.05. The van der Waals surface area contributed by atoms with Gasteiger partial charge in [-0.2, -0.15) is 13.8 Å². The molecule has 0 bridgehead atoms. The quantitative estimate of drug-likeness (QED) is 0.756. The monoisotopic (exact) mass is 406 g/mol. The van der Waals surface area contributed by atoms with Crippen LogP contribution in [-0.2, 0) is 4.74 Å². The molecule has 148 valence electrons. The molecule has 2 aromatic heterocycles. The number of pyridine rings is 1. The molecule has 2 aromatic rings. The van der Waals surface area contributed by atoms with Gasteiger partial charge in [0.25, 0.3) is 0 Å². The standard InChI is InChI=1S/C19H20F2N4O2S/c1-4-27-18(26)25(11-7-14(20)23-15(21)8-11)17-24-16(10(2)28-17)12-9-19(3)6-5-13(19)22-12/h7-9,13,22H,4-6H2,1-3H3. The molecular formula is C19H20F2N4O2S. The second-order valence-electron chi connectivity index (χ2n) is 7.21. The molecule has 1 saturated carbocycles. The third-order valence-electron chi connectivity index (χ3n) is 5.26. The summed E-state index contributed by atoms with van der Waals surface area (Å²) in [6, 6.07) is 2.35. The lowest BCUT2D eigenvalue weighted by atomic mass is 9.67. The predicted molar refractivity (Wildman–Crippen MR) is 102 cm³/mol. The average molecular weight is 406 g/mol. The number of anilines is 2. The predicted octanol–water partition coefficient (Wildman–Crippen LogP) is 4.53. The molecule has 0 radical (unpaired) electrons. The molecule has 1 aliphatic carbocycles. The number of nitrogens with one attached hydrogen (secondary N) is 1. The summed E-state index contributed by atoms with van der Waals surface area (Å²) in [7, 11) is 0. The maximum absolute atomic E-state index is 13.7. The molecule has 2 aliphatic rings. The van der Waals surface area contributed by atoms with E-state index in [4.69, 9.17) is 4.74 Å². The Kier molecular flexibility index (Phi) is 4.57. The van der Waals surface area contributed by atoms with Crippen molar-refractivity contribution in [2.75, 3.05) is 11.5 Å². The van der Waals surface area contributed by atoms with Crippen LogP contribution in [-0.4, -0.2) is 28.7 Å². The smallest absolute Gasteiger partial charge is 0.420 e. The SMILES string of the molecule is CCOC(=O)N(c1cc(F)nc(F)c1)c1nc(C2=CC3(C)CCC3N2)c(C)s1. The normalized spacial score (nSPS) is 22.8. The maximum atomic E-state index is 13.7. The van der Waals surface area contributed by atoms with Crippen LogP contribution < -0.4 is 10.2 Å². The van der Waals surface area contributed by atoms with Gasteiger partial charge in [-0.15, -0.1) is 11.3 Å². The first-order valence-corrected chi connectivity index (χ1v) is 9.89. The number of aryl methyl sites for hydroxylation is 1. The number of hydrogen-bond donors (Lipinski definition) is 1. The topological polar surface area (TPSA) is 67.3 Å². The van der Waals surface area contributed by atoms with Gasteiger partial charge in [0.15, 0.2) is 5.13 Å². The van der Waals surface area contributed by atoms with Crippen molar-refractivity contribution in [3.8, 4) is 0 Å². The second-order valence-corrected chi connectivity index (χ2v) is 8.39. The summed E-state index contributed by atoms with van der Waals surface area (Å²) in [6.45, 7) is 5.89. The van der Waals surface area contributed by atoms with Crippen molar-refractivity contribution < 1.29 is 18.3 Å². The fourth-order valence-electron chi connectivity index (χ4n) is 3.64. The van der Waals surface area contributed by atoms with Crippen LogP contribution in [0.3, 0.4) is 0 Å². The lowest BCUT2D eigenvalue weighted by Crippen LogP contribution is -2.44. The summed E-state index contributed by atoms with van der Waals surface area (Å²) in [5.41, 5.74) is 1.77. The summed E-state index contributed by atoms with van der Waals surface area (Å²) < 4.78 is 32.4. The van der Waals surface area contributed by atoms with Gasteiger partial charge in [-0.05, 0) is 26.7 Å². The van der Waals surface area contributed by atoms with E-state index in [9.17, 15) is 13.6 Å². The van der Waals surface area contributed by atoms with E-state index in [2.05, 4.69) is 28.3 Å². The minimum Gasteiger partial charge on any atom is -0.449 e. The second kappa shape index (κ2) is 6.80. The van der Waals surface area contributed by atoms with Gasteiger partial charge < -0.3 is 10.1 Å². The highest BCUT2D eigenvalue weighted by Gasteiger charge is 2.46. The molecule has 1 fully saturated rings. The van der Waals surface area contributed by atoms with Crippen molar-refractivity contribution in [2.45, 2.75) is 39.7 Å². The van der Waals surface area contributed by atoms with Crippen molar-refractivity contribution in [2.24, 2.45) is 5.41 Å². The molecule has 0 aromatic carbocycles. The summed E-state index contributed by atoms with van der Waals surface area (Å²) >= 11 is 1.26. The first-order chi connectivity index (χ1) is 13.3. The molecule has 3 heterocycles. The number of halogens is 2. The van der Waals surface area contributed by atoms with Gasteiger partial charge in [0.05, 0.1) is 18.0 Å². The Balaban J connectivity index is 1.74. The van der Waals surface area contributed by atoms with Gasteiger partial charge in [0.1, 0.15) is 5.69 Å². The number of ether oxygens (including phenoxy) is 1. The number of aromatic nitrogens is 2. The van der Waals surface area contributed by atoms with Crippen molar-refractivity contribution in [1.82, 2.24) is 15.3 Å². The Hall–Kier alpha value is -2.55. The third-order valence-corrected chi connectivity index (χ3v) is 6.22. The zero-order valence-electron chi connectivity index (χ0n) is 15.8. The molecule has 0 saturated heterocycles. The van der Waals surface area contributed by atoms with E-state index >= 15 is 0 Å². The first-order valence-electron chi connectivity index (χ1n) is 9.08. The Morgan fingerprint density at radius 1 is 1.39 bits per heavy atom. The molecule has 1 N–H and O–H groups in total. The number of hydrogen-bond acceptors (Lipinski definition) is 6. The van der Waals surface area contributed by atoms with Crippen LogP contribution in [0, 0.1) is 24.2 Å². The van der Waals surface area contributed by atoms with E-state index < -0.39 is 18.0 Å². The van der Waals surface area contributed by atoms with Crippen LogP contribution >= 0.6 is 11.3 Å². The largest absolute Gasteiger partial charge is 0.449 e. The Labute approximate surface area is 165 Å².